The second kappa shape index (κ2) is 4.47. The average Bonchev–Trinajstić information content (AvgIpc) is 2.19. The van der Waals surface area contributed by atoms with Gasteiger partial charge in [0.1, 0.15) is 5.75 Å². The summed E-state index contributed by atoms with van der Waals surface area (Å²) in [6, 6.07) is 4.32. The zero-order valence-corrected chi connectivity index (χ0v) is 9.42. The molecule has 1 rings (SSSR count). The van der Waals surface area contributed by atoms with Gasteiger partial charge in [0.2, 0.25) is 0 Å². The maximum absolute atomic E-state index is 6.01. The number of hydrogen-bond acceptors (Lipinski definition) is 2. The van der Waals surface area contributed by atoms with Crippen molar-refractivity contribution in [2.24, 2.45) is 5.73 Å². The number of aryl methyl sites for hydroxylation is 2. The van der Waals surface area contributed by atoms with E-state index in [2.05, 4.69) is 26.0 Å². The Hall–Kier alpha value is -1.02. The highest BCUT2D eigenvalue weighted by atomic mass is 16.5. The summed E-state index contributed by atoms with van der Waals surface area (Å²) < 4.78 is 5.25. The van der Waals surface area contributed by atoms with Crippen LogP contribution in [0.4, 0.5) is 0 Å². The van der Waals surface area contributed by atoms with Gasteiger partial charge < -0.3 is 10.5 Å². The van der Waals surface area contributed by atoms with Crippen LogP contribution in [0.1, 0.15) is 36.1 Å². The Kier molecular flexibility index (Phi) is 3.53. The fourth-order valence-electron chi connectivity index (χ4n) is 1.65. The summed E-state index contributed by atoms with van der Waals surface area (Å²) >= 11 is 0. The zero-order valence-electron chi connectivity index (χ0n) is 9.42. The molecule has 1 atom stereocenters. The summed E-state index contributed by atoms with van der Waals surface area (Å²) in [7, 11) is 1.70. The van der Waals surface area contributed by atoms with Gasteiger partial charge in [0.15, 0.2) is 0 Å². The van der Waals surface area contributed by atoms with Crippen LogP contribution in [0, 0.1) is 13.8 Å². The normalized spacial score (nSPS) is 12.6. The van der Waals surface area contributed by atoms with Crippen molar-refractivity contribution in [2.75, 3.05) is 7.11 Å². The second-order valence-corrected chi connectivity index (χ2v) is 3.69. The van der Waals surface area contributed by atoms with Gasteiger partial charge in [-0.2, -0.15) is 0 Å². The van der Waals surface area contributed by atoms with E-state index in [1.54, 1.807) is 7.11 Å². The van der Waals surface area contributed by atoms with Gasteiger partial charge in [-0.3, -0.25) is 0 Å². The molecular weight excluding hydrogens is 174 g/mol. The SMILES string of the molecule is CC[C@H](N)c1cc(C)c(OC)cc1C. The van der Waals surface area contributed by atoms with E-state index < -0.39 is 0 Å². The minimum Gasteiger partial charge on any atom is -0.496 e. The van der Waals surface area contributed by atoms with Gasteiger partial charge in [-0.05, 0) is 43.0 Å². The minimum atomic E-state index is 0.139. The van der Waals surface area contributed by atoms with E-state index in [4.69, 9.17) is 10.5 Å². The van der Waals surface area contributed by atoms with Crippen molar-refractivity contribution in [2.45, 2.75) is 33.2 Å². The number of methoxy groups -OCH3 is 1. The smallest absolute Gasteiger partial charge is 0.122 e. The minimum absolute atomic E-state index is 0.139. The molecule has 14 heavy (non-hydrogen) atoms. The molecular formula is C12H19NO. The lowest BCUT2D eigenvalue weighted by Gasteiger charge is -2.15. The van der Waals surface area contributed by atoms with E-state index in [1.807, 2.05) is 6.92 Å². The van der Waals surface area contributed by atoms with E-state index in [9.17, 15) is 0 Å². The fourth-order valence-corrected chi connectivity index (χ4v) is 1.65. The molecule has 0 spiro atoms. The van der Waals surface area contributed by atoms with Crippen LogP contribution in [0.15, 0.2) is 12.1 Å². The van der Waals surface area contributed by atoms with E-state index in [-0.39, 0.29) is 6.04 Å². The third kappa shape index (κ3) is 2.07. The second-order valence-electron chi connectivity index (χ2n) is 3.69. The molecule has 0 amide bonds. The number of ether oxygens (including phenoxy) is 1. The number of nitrogens with two attached hydrogens (primary N) is 1. The molecule has 0 aliphatic carbocycles. The summed E-state index contributed by atoms with van der Waals surface area (Å²) in [6.45, 7) is 6.22. The molecule has 0 radical (unpaired) electrons. The molecule has 0 aliphatic heterocycles. The van der Waals surface area contributed by atoms with Crippen LogP contribution < -0.4 is 10.5 Å². The number of rotatable bonds is 3. The Morgan fingerprint density at radius 3 is 2.43 bits per heavy atom. The zero-order chi connectivity index (χ0) is 10.7. The molecule has 1 aromatic carbocycles. The van der Waals surface area contributed by atoms with Crippen molar-refractivity contribution < 1.29 is 4.74 Å². The standard InChI is InChI=1S/C12H19NO/c1-5-11(13)10-6-9(3)12(14-4)7-8(10)2/h6-7,11H,5,13H2,1-4H3/t11-/m0/s1. The fraction of sp³-hybridized carbons (Fsp3) is 0.500. The maximum Gasteiger partial charge on any atom is 0.122 e. The van der Waals surface area contributed by atoms with Crippen LogP contribution in [-0.2, 0) is 0 Å². The van der Waals surface area contributed by atoms with Crippen LogP contribution in [0.3, 0.4) is 0 Å². The highest BCUT2D eigenvalue weighted by Gasteiger charge is 2.09. The lowest BCUT2D eigenvalue weighted by molar-refractivity contribution is 0.411. The molecule has 2 heteroatoms. The number of benzene rings is 1. The lowest BCUT2D eigenvalue weighted by Crippen LogP contribution is -2.10. The summed E-state index contributed by atoms with van der Waals surface area (Å²) in [5, 5.41) is 0. The van der Waals surface area contributed by atoms with Gasteiger partial charge in [0.25, 0.3) is 0 Å². The van der Waals surface area contributed by atoms with Gasteiger partial charge >= 0.3 is 0 Å². The highest BCUT2D eigenvalue weighted by molar-refractivity contribution is 5.42. The van der Waals surface area contributed by atoms with Crippen molar-refractivity contribution in [3.05, 3.63) is 28.8 Å². The Bertz CT molecular complexity index is 320. The molecule has 0 saturated carbocycles. The van der Waals surface area contributed by atoms with E-state index in [0.29, 0.717) is 0 Å². The Morgan fingerprint density at radius 1 is 1.29 bits per heavy atom. The lowest BCUT2D eigenvalue weighted by atomic mass is 9.97. The molecule has 0 saturated heterocycles. The van der Waals surface area contributed by atoms with Gasteiger partial charge in [-0.25, -0.2) is 0 Å². The summed E-state index contributed by atoms with van der Waals surface area (Å²) in [5.74, 6) is 0.939. The molecule has 0 aromatic heterocycles. The van der Waals surface area contributed by atoms with Crippen molar-refractivity contribution in [1.29, 1.82) is 0 Å². The van der Waals surface area contributed by atoms with E-state index >= 15 is 0 Å². The predicted octanol–water partition coefficient (Wildman–Crippen LogP) is 2.72. The Labute approximate surface area is 86.1 Å². The number of hydrogen-bond donors (Lipinski definition) is 1. The van der Waals surface area contributed by atoms with Crippen molar-refractivity contribution >= 4 is 0 Å². The molecule has 2 nitrogen and oxygen atoms in total. The van der Waals surface area contributed by atoms with Crippen LogP contribution in [0.2, 0.25) is 0 Å². The maximum atomic E-state index is 6.01. The van der Waals surface area contributed by atoms with Crippen molar-refractivity contribution in [1.82, 2.24) is 0 Å². The third-order valence-electron chi connectivity index (χ3n) is 2.62. The first-order chi connectivity index (χ1) is 6.60. The molecule has 0 fully saturated rings. The summed E-state index contributed by atoms with van der Waals surface area (Å²) in [6.07, 6.45) is 0.965. The quantitative estimate of drug-likeness (QED) is 0.801. The van der Waals surface area contributed by atoms with Crippen molar-refractivity contribution in [3.8, 4) is 5.75 Å². The van der Waals surface area contributed by atoms with Crippen LogP contribution >= 0.6 is 0 Å². The van der Waals surface area contributed by atoms with Crippen LogP contribution in [-0.4, -0.2) is 7.11 Å². The van der Waals surface area contributed by atoms with Gasteiger partial charge in [0, 0.05) is 6.04 Å². The van der Waals surface area contributed by atoms with E-state index in [0.717, 1.165) is 17.7 Å². The first kappa shape index (κ1) is 11.1. The van der Waals surface area contributed by atoms with Gasteiger partial charge in [0.05, 0.1) is 7.11 Å². The molecule has 0 unspecified atom stereocenters. The Morgan fingerprint density at radius 2 is 1.93 bits per heavy atom. The third-order valence-corrected chi connectivity index (χ3v) is 2.62. The summed E-state index contributed by atoms with van der Waals surface area (Å²) in [5.41, 5.74) is 9.60. The highest BCUT2D eigenvalue weighted by Crippen LogP contribution is 2.26. The first-order valence-corrected chi connectivity index (χ1v) is 5.00. The first-order valence-electron chi connectivity index (χ1n) is 5.00. The molecule has 0 heterocycles. The van der Waals surface area contributed by atoms with Gasteiger partial charge in [-0.15, -0.1) is 0 Å². The molecule has 2 N–H and O–H groups in total. The van der Waals surface area contributed by atoms with Crippen LogP contribution in [0.5, 0.6) is 5.75 Å². The topological polar surface area (TPSA) is 35.2 Å². The van der Waals surface area contributed by atoms with Crippen LogP contribution in [0.25, 0.3) is 0 Å². The molecule has 0 bridgehead atoms. The van der Waals surface area contributed by atoms with Crippen molar-refractivity contribution in [3.63, 3.8) is 0 Å². The average molecular weight is 193 g/mol. The summed E-state index contributed by atoms with van der Waals surface area (Å²) in [4.78, 5) is 0. The van der Waals surface area contributed by atoms with E-state index in [1.165, 1.54) is 11.1 Å². The molecule has 78 valence electrons. The predicted molar refractivity (Wildman–Crippen MR) is 59.7 cm³/mol. The largest absolute Gasteiger partial charge is 0.496 e. The monoisotopic (exact) mass is 193 g/mol. The molecule has 1 aromatic rings. The molecule has 0 aliphatic rings. The van der Waals surface area contributed by atoms with Gasteiger partial charge in [-0.1, -0.05) is 13.0 Å². The Balaban J connectivity index is 3.14.